The Hall–Kier alpha value is -9.62. The summed E-state index contributed by atoms with van der Waals surface area (Å²) in [5.41, 5.74) is 18.3. The predicted octanol–water partition coefficient (Wildman–Crippen LogP) is 18.9. The molecule has 0 saturated heterocycles. The van der Waals surface area contributed by atoms with Gasteiger partial charge in [-0.3, -0.25) is 0 Å². The second-order valence-electron chi connectivity index (χ2n) is 26.8. The van der Waals surface area contributed by atoms with Gasteiger partial charge in [0.1, 0.15) is 0 Å². The fraction of sp³-hybridized carbons (Fsp3) is 0.253. The first-order valence-electron chi connectivity index (χ1n) is 29.5. The molecule has 12 aromatic rings. The van der Waals surface area contributed by atoms with Crippen molar-refractivity contribution in [3.63, 3.8) is 0 Å². The van der Waals surface area contributed by atoms with Gasteiger partial charge in [0.05, 0.1) is 13.3 Å². The molecule has 0 saturated carbocycles. The van der Waals surface area contributed by atoms with Crippen LogP contribution in [0, 0.1) is 0 Å². The molecule has 0 atom stereocenters. The van der Waals surface area contributed by atoms with Crippen molar-refractivity contribution in [2.45, 2.75) is 124 Å². The fourth-order valence-electron chi connectivity index (χ4n) is 12.0. The van der Waals surface area contributed by atoms with Gasteiger partial charge in [-0.15, -0.1) is 40.8 Å². The lowest BCUT2D eigenvalue weighted by molar-refractivity contribution is 0.581. The average molecular weight is 1160 g/mol. The summed E-state index contributed by atoms with van der Waals surface area (Å²) in [6.45, 7) is 27.9. The van der Waals surface area contributed by atoms with Crippen LogP contribution in [0.1, 0.15) is 135 Å². The number of hydrogen-bond donors (Lipinski definition) is 0. The summed E-state index contributed by atoms with van der Waals surface area (Å²) in [5.74, 6) is 3.29. The Morgan fingerprint density at radius 3 is 0.580 bits per heavy atom. The van der Waals surface area contributed by atoms with Gasteiger partial charge in [0, 0.05) is 44.5 Å². The van der Waals surface area contributed by atoms with E-state index in [1.54, 1.807) is 0 Å². The van der Waals surface area contributed by atoms with E-state index < -0.39 is 5.41 Å². The van der Waals surface area contributed by atoms with Crippen molar-refractivity contribution in [1.29, 1.82) is 0 Å². The maximum Gasteiger partial charge on any atom is 0.248 e. The summed E-state index contributed by atoms with van der Waals surface area (Å²) in [4.78, 5) is 0. The van der Waals surface area contributed by atoms with Crippen LogP contribution in [0.15, 0.2) is 188 Å². The summed E-state index contributed by atoms with van der Waals surface area (Å²) in [7, 11) is 4.50. The number of aromatic nitrogens is 8. The summed E-state index contributed by atoms with van der Waals surface area (Å²) < 4.78 is 26.5. The molecule has 2 aliphatic rings. The Kier molecular flexibility index (Phi) is 14.5. The molecule has 12 nitrogen and oxygen atoms in total. The van der Waals surface area contributed by atoms with Crippen LogP contribution < -0.4 is 0 Å². The highest BCUT2D eigenvalue weighted by Gasteiger charge is 2.53. The second kappa shape index (κ2) is 21.7. The van der Waals surface area contributed by atoms with E-state index in [2.05, 4.69) is 233 Å². The van der Waals surface area contributed by atoms with Gasteiger partial charge in [0.25, 0.3) is 0 Å². The highest BCUT2D eigenvalue weighted by atomic mass is 16.4. The first kappa shape index (κ1) is 58.8. The Morgan fingerprint density at radius 2 is 0.409 bits per heavy atom. The van der Waals surface area contributed by atoms with Crippen LogP contribution in [0.3, 0.4) is 0 Å². The van der Waals surface area contributed by atoms with Crippen molar-refractivity contribution in [1.82, 2.24) is 40.8 Å². The van der Waals surface area contributed by atoms with Crippen LogP contribution in [0.4, 0.5) is 0 Å². The van der Waals surface area contributed by atoms with Crippen LogP contribution in [-0.2, 0) is 27.1 Å². The number of rotatable bonds is 8. The number of nitrogens with zero attached hydrogens (tertiary/aromatic N) is 8. The minimum Gasteiger partial charge on any atom is -0.416 e. The van der Waals surface area contributed by atoms with Crippen LogP contribution >= 0.6 is 0 Å². The van der Waals surface area contributed by atoms with Crippen LogP contribution in [0.25, 0.3) is 114 Å². The van der Waals surface area contributed by atoms with Crippen molar-refractivity contribution in [2.75, 3.05) is 0 Å². The van der Waals surface area contributed by atoms with Gasteiger partial charge in [-0.1, -0.05) is 170 Å². The summed E-state index contributed by atoms with van der Waals surface area (Å²) in [6, 6.07) is 59.1. The molecule has 13 heteroatoms. The molecule has 8 aromatic carbocycles. The molecule has 0 N–H and O–H groups in total. The number of fused-ring (bicyclic) bond motifs is 10. The fourth-order valence-corrected chi connectivity index (χ4v) is 12.0. The smallest absolute Gasteiger partial charge is 0.248 e. The number of benzene rings is 8. The van der Waals surface area contributed by atoms with E-state index in [4.69, 9.17) is 38.1 Å². The highest BCUT2D eigenvalue weighted by molar-refractivity contribution is 6.05. The molecule has 438 valence electrons. The second-order valence-corrected chi connectivity index (χ2v) is 26.8. The molecule has 0 bridgehead atoms. The van der Waals surface area contributed by atoms with Crippen LogP contribution in [-0.4, -0.2) is 48.6 Å². The minimum atomic E-state index is -1.01. The van der Waals surface area contributed by atoms with E-state index in [0.29, 0.717) is 47.1 Å². The molecule has 1 spiro atoms. The third kappa shape index (κ3) is 10.2. The molecular formula is C75H71BN8O4. The molecule has 4 aromatic heterocycles. The Labute approximate surface area is 516 Å². The zero-order valence-corrected chi connectivity index (χ0v) is 51.5. The lowest BCUT2D eigenvalue weighted by atomic mass is 9.69. The molecule has 0 amide bonds. The topological polar surface area (TPSA) is 156 Å². The molecule has 0 aliphatic heterocycles. The van der Waals surface area contributed by atoms with E-state index in [0.717, 1.165) is 89.0 Å². The van der Waals surface area contributed by atoms with E-state index in [1.807, 2.05) is 48.5 Å². The maximum atomic E-state index is 6.62. The van der Waals surface area contributed by atoms with Crippen molar-refractivity contribution in [3.05, 3.63) is 214 Å². The summed E-state index contributed by atoms with van der Waals surface area (Å²) >= 11 is 0. The summed E-state index contributed by atoms with van der Waals surface area (Å²) in [5, 5.41) is 37.3. The normalized spacial score (nSPS) is 13.1. The molecule has 0 unspecified atom stereocenters. The standard InChI is InChI=1S/C73H64N8O4.CH3B.CH4/c1-69(2,3)49-25-13-41(14-26-49)61-74-78-65(82-61)45-21-33-53-54-34-22-46(66-79-75-62(83-66)42-15-27-50(28-16-42)70(4,5)6)38-58(54)73(57(53)37-45)59-39-47(67-80-76-63(84-67)43-17-29-51(30-18-43)71(7,8)9)23-35-55(59)56-36-24-48(40-60(56)73)68-81-77-64(85-68)44-19-31-52(32-20-44)72(10,11)12;1-2;/h13-40H,1-12H3;1H3;1H4. The molecule has 88 heavy (non-hydrogen) atoms. The highest BCUT2D eigenvalue weighted by Crippen LogP contribution is 2.64. The van der Waals surface area contributed by atoms with E-state index in [-0.39, 0.29) is 29.1 Å². The van der Waals surface area contributed by atoms with Gasteiger partial charge >= 0.3 is 0 Å². The third-order valence-electron chi connectivity index (χ3n) is 17.0. The van der Waals surface area contributed by atoms with Crippen molar-refractivity contribution < 1.29 is 17.7 Å². The van der Waals surface area contributed by atoms with Gasteiger partial charge in [0.15, 0.2) is 0 Å². The van der Waals surface area contributed by atoms with E-state index >= 15 is 0 Å². The van der Waals surface area contributed by atoms with E-state index in [1.165, 1.54) is 29.1 Å². The first-order valence-corrected chi connectivity index (χ1v) is 29.5. The summed E-state index contributed by atoms with van der Waals surface area (Å²) in [6.07, 6.45) is 0. The third-order valence-corrected chi connectivity index (χ3v) is 17.0. The monoisotopic (exact) mass is 1160 g/mol. The maximum absolute atomic E-state index is 6.62. The quantitative estimate of drug-likeness (QED) is 0.133. The minimum absolute atomic E-state index is 0. The predicted molar refractivity (Wildman–Crippen MR) is 351 cm³/mol. The zero-order valence-electron chi connectivity index (χ0n) is 51.5. The van der Waals surface area contributed by atoms with Crippen LogP contribution in [0.5, 0.6) is 0 Å². The Morgan fingerprint density at radius 1 is 0.250 bits per heavy atom. The molecular weight excluding hydrogens is 1090 g/mol. The Balaban J connectivity index is 0.00000249. The van der Waals surface area contributed by atoms with Gasteiger partial charge in [-0.2, -0.15) is 0 Å². The molecule has 4 heterocycles. The Bertz CT molecular complexity index is 3970. The molecule has 2 radical (unpaired) electrons. The van der Waals surface area contributed by atoms with Crippen molar-refractivity contribution in [3.8, 4) is 114 Å². The lowest BCUT2D eigenvalue weighted by Gasteiger charge is -2.31. The van der Waals surface area contributed by atoms with Gasteiger partial charge in [-0.05, 0) is 185 Å². The van der Waals surface area contributed by atoms with Gasteiger partial charge in [-0.25, -0.2) is 0 Å². The largest absolute Gasteiger partial charge is 0.416 e. The van der Waals surface area contributed by atoms with Crippen molar-refractivity contribution in [2.24, 2.45) is 0 Å². The first-order chi connectivity index (χ1) is 41.6. The SMILES string of the molecule is C.CC(C)(C)c1ccc(-c2nnc(-c3ccc4c(c3)C3(c5cc(-c6nnc(-c7ccc(C(C)(C)C)cc7)o6)ccc5-4)c4cc(-c5nnc(-c6ccc(C(C)(C)C)cc6)o5)ccc4-c4ccc(-c5nnc(-c6ccc(C(C)(C)C)cc6)o5)cc43)o2)cc1.[B]C. The van der Waals surface area contributed by atoms with E-state index in [9.17, 15) is 0 Å². The zero-order chi connectivity index (χ0) is 61.0. The van der Waals surface area contributed by atoms with Gasteiger partial charge < -0.3 is 17.7 Å². The molecule has 2 aliphatic carbocycles. The lowest BCUT2D eigenvalue weighted by Crippen LogP contribution is -2.26. The molecule has 14 rings (SSSR count). The van der Waals surface area contributed by atoms with Crippen LogP contribution in [0.2, 0.25) is 6.82 Å². The number of hydrogen-bond acceptors (Lipinski definition) is 12. The average Bonchev–Trinajstić information content (AvgIpc) is 1.51. The molecule has 0 fully saturated rings. The van der Waals surface area contributed by atoms with Gasteiger partial charge in [0.2, 0.25) is 47.1 Å². The van der Waals surface area contributed by atoms with Crippen molar-refractivity contribution >= 4 is 7.85 Å².